The second-order valence-electron chi connectivity index (χ2n) is 4.51. The molecule has 0 aromatic heterocycles. The first-order valence-electron chi connectivity index (χ1n) is 5.47. The highest BCUT2D eigenvalue weighted by Gasteiger charge is 2.29. The van der Waals surface area contributed by atoms with Crippen LogP contribution in [-0.4, -0.2) is 25.2 Å². The third-order valence-electron chi connectivity index (χ3n) is 2.95. The largest absolute Gasteiger partial charge is 0.478 e. The number of hydrogen-bond acceptors (Lipinski definition) is 3. The van der Waals surface area contributed by atoms with Crippen LogP contribution in [0.4, 0.5) is 0 Å². The number of carboxylic acids is 1. The molecule has 0 unspecified atom stereocenters. The van der Waals surface area contributed by atoms with Gasteiger partial charge in [-0.3, -0.25) is 0 Å². The molecule has 4 nitrogen and oxygen atoms in total. The predicted octanol–water partition coefficient (Wildman–Crippen LogP) is 1.88. The number of rotatable bonds is 4. The van der Waals surface area contributed by atoms with Gasteiger partial charge in [-0.1, -0.05) is 6.07 Å². The van der Waals surface area contributed by atoms with Gasteiger partial charge in [0.1, 0.15) is 0 Å². The molecule has 1 saturated carbocycles. The van der Waals surface area contributed by atoms with E-state index in [1.54, 1.807) is 13.0 Å². The van der Waals surface area contributed by atoms with Crippen LogP contribution in [0.1, 0.15) is 28.8 Å². The van der Waals surface area contributed by atoms with Crippen LogP contribution in [0.15, 0.2) is 23.1 Å². The molecule has 0 bridgehead atoms. The van der Waals surface area contributed by atoms with Gasteiger partial charge in [-0.2, -0.15) is 0 Å². The monoisotopic (exact) mass is 254 g/mol. The van der Waals surface area contributed by atoms with Gasteiger partial charge in [0, 0.05) is 0 Å². The van der Waals surface area contributed by atoms with Gasteiger partial charge in [0.2, 0.25) is 0 Å². The van der Waals surface area contributed by atoms with E-state index in [9.17, 15) is 13.2 Å². The van der Waals surface area contributed by atoms with Crippen molar-refractivity contribution in [3.8, 4) is 0 Å². The maximum Gasteiger partial charge on any atom is 0.335 e. The molecule has 1 aliphatic rings. The molecule has 0 aliphatic heterocycles. The summed E-state index contributed by atoms with van der Waals surface area (Å²) in [5.41, 5.74) is 0.629. The minimum Gasteiger partial charge on any atom is -0.478 e. The van der Waals surface area contributed by atoms with Crippen molar-refractivity contribution in [1.29, 1.82) is 0 Å². The number of hydrogen-bond donors (Lipinski definition) is 1. The lowest BCUT2D eigenvalue weighted by molar-refractivity contribution is 0.0696. The molecular weight excluding hydrogens is 240 g/mol. The van der Waals surface area contributed by atoms with E-state index in [0.29, 0.717) is 5.56 Å². The van der Waals surface area contributed by atoms with Crippen molar-refractivity contribution in [3.05, 3.63) is 29.3 Å². The van der Waals surface area contributed by atoms with Crippen LogP contribution in [0.3, 0.4) is 0 Å². The number of aryl methyl sites for hydroxylation is 1. The number of carbonyl (C=O) groups is 1. The van der Waals surface area contributed by atoms with Gasteiger partial charge in [0.25, 0.3) is 0 Å². The van der Waals surface area contributed by atoms with E-state index in [-0.39, 0.29) is 22.1 Å². The number of carboxylic acid groups (broad SMARTS) is 1. The van der Waals surface area contributed by atoms with E-state index in [1.165, 1.54) is 12.1 Å². The third-order valence-corrected chi connectivity index (χ3v) is 4.83. The quantitative estimate of drug-likeness (QED) is 0.890. The molecule has 1 N–H and O–H groups in total. The zero-order valence-electron chi connectivity index (χ0n) is 9.51. The summed E-state index contributed by atoms with van der Waals surface area (Å²) in [6.07, 6.45) is 1.91. The van der Waals surface area contributed by atoms with Crippen molar-refractivity contribution in [2.24, 2.45) is 5.92 Å². The molecule has 1 aromatic carbocycles. The normalized spacial score (nSPS) is 15.8. The standard InChI is InChI=1S/C12H14O4S/c1-8-2-5-10(6-11(8)12(13)14)17(15,16)7-9-3-4-9/h2,5-6,9H,3-4,7H2,1H3,(H,13,14). The fourth-order valence-electron chi connectivity index (χ4n) is 1.72. The first-order valence-corrected chi connectivity index (χ1v) is 7.12. The lowest BCUT2D eigenvalue weighted by Gasteiger charge is -2.06. The van der Waals surface area contributed by atoms with Gasteiger partial charge >= 0.3 is 5.97 Å². The Morgan fingerprint density at radius 1 is 1.41 bits per heavy atom. The molecule has 0 heterocycles. The average Bonchev–Trinajstić information content (AvgIpc) is 3.00. The summed E-state index contributed by atoms with van der Waals surface area (Å²) in [7, 11) is -3.33. The molecular formula is C12H14O4S. The van der Waals surface area contributed by atoms with Crippen molar-refractivity contribution >= 4 is 15.8 Å². The molecule has 0 amide bonds. The topological polar surface area (TPSA) is 71.4 Å². The minimum absolute atomic E-state index is 0.0573. The second-order valence-corrected chi connectivity index (χ2v) is 6.54. The van der Waals surface area contributed by atoms with E-state index in [4.69, 9.17) is 5.11 Å². The first kappa shape index (κ1) is 12.1. The zero-order valence-corrected chi connectivity index (χ0v) is 10.3. The summed E-state index contributed by atoms with van der Waals surface area (Å²) in [5.74, 6) is -0.699. The van der Waals surface area contributed by atoms with E-state index < -0.39 is 15.8 Å². The van der Waals surface area contributed by atoms with Crippen molar-refractivity contribution in [3.63, 3.8) is 0 Å². The van der Waals surface area contributed by atoms with Crippen molar-refractivity contribution in [1.82, 2.24) is 0 Å². The van der Waals surface area contributed by atoms with E-state index in [0.717, 1.165) is 12.8 Å². The fourth-order valence-corrected chi connectivity index (χ4v) is 3.44. The van der Waals surface area contributed by atoms with Crippen LogP contribution in [-0.2, 0) is 9.84 Å². The van der Waals surface area contributed by atoms with Gasteiger partial charge in [0.15, 0.2) is 9.84 Å². The molecule has 2 rings (SSSR count). The van der Waals surface area contributed by atoms with Gasteiger partial charge < -0.3 is 5.11 Å². The van der Waals surface area contributed by atoms with Crippen LogP contribution >= 0.6 is 0 Å². The average molecular weight is 254 g/mol. The lowest BCUT2D eigenvalue weighted by atomic mass is 10.1. The molecule has 1 aromatic rings. The molecule has 0 radical (unpaired) electrons. The Hall–Kier alpha value is -1.36. The maximum absolute atomic E-state index is 12.0. The van der Waals surface area contributed by atoms with Crippen molar-refractivity contribution in [2.75, 3.05) is 5.75 Å². The van der Waals surface area contributed by atoms with Gasteiger partial charge in [-0.25, -0.2) is 13.2 Å². The van der Waals surface area contributed by atoms with E-state index >= 15 is 0 Å². The fraction of sp³-hybridized carbons (Fsp3) is 0.417. The Morgan fingerprint density at radius 3 is 2.59 bits per heavy atom. The number of sulfone groups is 1. The second kappa shape index (κ2) is 4.14. The molecule has 1 aliphatic carbocycles. The van der Waals surface area contributed by atoms with E-state index in [2.05, 4.69) is 0 Å². The van der Waals surface area contributed by atoms with E-state index in [1.807, 2.05) is 0 Å². The molecule has 92 valence electrons. The SMILES string of the molecule is Cc1ccc(S(=O)(=O)CC2CC2)cc1C(=O)O. The molecule has 17 heavy (non-hydrogen) atoms. The summed E-state index contributed by atoms with van der Waals surface area (Å²) < 4.78 is 24.0. The first-order chi connectivity index (χ1) is 7.90. The Balaban J connectivity index is 2.38. The Bertz CT molecular complexity index is 556. The molecule has 5 heteroatoms. The molecule has 0 saturated heterocycles. The van der Waals surface area contributed by atoms with Gasteiger partial charge in [0.05, 0.1) is 16.2 Å². The minimum atomic E-state index is -3.33. The number of aromatic carboxylic acids is 1. The maximum atomic E-state index is 12.0. The van der Waals surface area contributed by atoms with Crippen LogP contribution in [0, 0.1) is 12.8 Å². The molecule has 0 atom stereocenters. The van der Waals surface area contributed by atoms with Crippen molar-refractivity contribution < 1.29 is 18.3 Å². The summed E-state index contributed by atoms with van der Waals surface area (Å²) in [4.78, 5) is 11.1. The third kappa shape index (κ3) is 2.66. The Morgan fingerprint density at radius 2 is 2.06 bits per heavy atom. The van der Waals surface area contributed by atoms with Crippen LogP contribution < -0.4 is 0 Å². The van der Waals surface area contributed by atoms with Crippen LogP contribution in [0.5, 0.6) is 0 Å². The smallest absolute Gasteiger partial charge is 0.335 e. The highest BCUT2D eigenvalue weighted by atomic mass is 32.2. The molecule has 0 spiro atoms. The summed E-state index contributed by atoms with van der Waals surface area (Å²) in [6, 6.07) is 4.29. The summed E-state index contributed by atoms with van der Waals surface area (Å²) in [6.45, 7) is 1.65. The Kier molecular flexibility index (Phi) is 2.95. The summed E-state index contributed by atoms with van der Waals surface area (Å²) in [5, 5.41) is 8.96. The van der Waals surface area contributed by atoms with Crippen molar-refractivity contribution in [2.45, 2.75) is 24.7 Å². The summed E-state index contributed by atoms with van der Waals surface area (Å²) >= 11 is 0. The lowest BCUT2D eigenvalue weighted by Crippen LogP contribution is -2.10. The van der Waals surface area contributed by atoms with Gasteiger partial charge in [-0.15, -0.1) is 0 Å². The highest BCUT2D eigenvalue weighted by molar-refractivity contribution is 7.91. The Labute approximate surface area is 100 Å². The molecule has 1 fully saturated rings. The van der Waals surface area contributed by atoms with Crippen LogP contribution in [0.2, 0.25) is 0 Å². The van der Waals surface area contributed by atoms with Crippen LogP contribution in [0.25, 0.3) is 0 Å². The zero-order chi connectivity index (χ0) is 12.6. The predicted molar refractivity (Wildman–Crippen MR) is 62.9 cm³/mol. The number of benzene rings is 1. The highest BCUT2D eigenvalue weighted by Crippen LogP contribution is 2.32. The van der Waals surface area contributed by atoms with Gasteiger partial charge in [-0.05, 0) is 43.4 Å².